The second-order valence-electron chi connectivity index (χ2n) is 21.6. The number of phenolic OH excluding ortho intramolecular Hbond substituents is 1. The van der Waals surface area contributed by atoms with Crippen LogP contribution < -0.4 is 70.4 Å². The number of aromatic amines is 2. The number of urea groups is 1. The molecule has 0 bridgehead atoms. The highest BCUT2D eigenvalue weighted by Crippen LogP contribution is 2.22. The molecular weight excluding hydrogens is 1150 g/mol. The molecule has 0 saturated carbocycles. The van der Waals surface area contributed by atoms with Gasteiger partial charge in [0.1, 0.15) is 54.1 Å². The quantitative estimate of drug-likeness (QED) is 0.0128. The number of para-hydroxylation sites is 1. The van der Waals surface area contributed by atoms with Gasteiger partial charge in [-0.25, -0.2) is 9.78 Å². The van der Waals surface area contributed by atoms with E-state index in [9.17, 15) is 67.7 Å². The van der Waals surface area contributed by atoms with E-state index in [1.54, 1.807) is 44.3 Å². The van der Waals surface area contributed by atoms with E-state index in [0.717, 1.165) is 0 Å². The molecule has 4 heterocycles. The van der Waals surface area contributed by atoms with Gasteiger partial charge in [0, 0.05) is 67.8 Å². The Morgan fingerprint density at radius 2 is 1.39 bits per heavy atom. The molecule has 6 rings (SSSR count). The lowest BCUT2D eigenvalue weighted by atomic mass is 10.0. The Labute approximate surface area is 504 Å². The van der Waals surface area contributed by atoms with Crippen LogP contribution in [0, 0.1) is 5.92 Å². The number of guanidine groups is 1. The van der Waals surface area contributed by atoms with Gasteiger partial charge in [0.15, 0.2) is 5.96 Å². The van der Waals surface area contributed by atoms with E-state index in [-0.39, 0.29) is 94.4 Å². The van der Waals surface area contributed by atoms with Gasteiger partial charge in [0.25, 0.3) is 5.91 Å². The van der Waals surface area contributed by atoms with Crippen molar-refractivity contribution in [3.8, 4) is 5.75 Å². The summed E-state index contributed by atoms with van der Waals surface area (Å²) in [6.07, 6.45) is 4.77. The molecular formula is C56H76N18O14. The molecule has 32 heteroatoms. The van der Waals surface area contributed by atoms with Crippen LogP contribution in [0.25, 0.3) is 10.9 Å². The molecule has 2 fully saturated rings. The number of phenols is 1. The monoisotopic (exact) mass is 1220 g/mol. The second kappa shape index (κ2) is 32.4. The number of nitrogens with one attached hydrogen (secondary N) is 12. The molecule has 2 aromatic carbocycles. The number of imide groups is 1. The Balaban J connectivity index is 1.16. The molecule has 0 radical (unpaired) electrons. The first-order chi connectivity index (χ1) is 42.0. The van der Waals surface area contributed by atoms with Gasteiger partial charge in [0.2, 0.25) is 59.1 Å². The smallest absolute Gasteiger partial charge is 0.322 e. The zero-order valence-electron chi connectivity index (χ0n) is 48.5. The molecule has 474 valence electrons. The van der Waals surface area contributed by atoms with E-state index in [1.807, 2.05) is 0 Å². The lowest BCUT2D eigenvalue weighted by molar-refractivity contribution is -0.142. The minimum absolute atomic E-state index is 0.00596. The molecule has 0 unspecified atom stereocenters. The van der Waals surface area contributed by atoms with Crippen molar-refractivity contribution < 1.29 is 67.7 Å². The minimum atomic E-state index is -1.80. The number of aliphatic hydroxyl groups excluding tert-OH is 1. The van der Waals surface area contributed by atoms with Crippen molar-refractivity contribution in [2.24, 2.45) is 28.1 Å². The van der Waals surface area contributed by atoms with E-state index in [0.29, 0.717) is 34.1 Å². The Morgan fingerprint density at radius 1 is 0.727 bits per heavy atom. The number of carbonyl (C=O) groups is 12. The lowest BCUT2D eigenvalue weighted by Gasteiger charge is -2.30. The fourth-order valence-corrected chi connectivity index (χ4v) is 9.91. The summed E-state index contributed by atoms with van der Waals surface area (Å²) in [6.45, 7) is 1.53. The Morgan fingerprint density at radius 3 is 2.03 bits per heavy atom. The Hall–Kier alpha value is -10.1. The van der Waals surface area contributed by atoms with Crippen molar-refractivity contribution in [3.05, 3.63) is 84.1 Å². The number of aliphatic hydroxyl groups is 1. The molecule has 20 N–H and O–H groups in total. The number of aromatic nitrogens is 3. The summed E-state index contributed by atoms with van der Waals surface area (Å²) in [5.41, 5.74) is 18.2. The number of imidazole rings is 1. The molecule has 32 nitrogen and oxygen atoms in total. The molecule has 0 spiro atoms. The van der Waals surface area contributed by atoms with Crippen LogP contribution in [0.1, 0.15) is 75.6 Å². The number of aromatic hydroxyl groups is 1. The first-order valence-electron chi connectivity index (χ1n) is 28.5. The number of likely N-dealkylation sites (tertiary alicyclic amines) is 1. The molecule has 4 aromatic rings. The van der Waals surface area contributed by atoms with Gasteiger partial charge in [-0.1, -0.05) is 44.2 Å². The number of benzene rings is 2. The molecule has 2 aromatic heterocycles. The number of primary amides is 1. The molecule has 2 aliphatic rings. The predicted molar refractivity (Wildman–Crippen MR) is 314 cm³/mol. The van der Waals surface area contributed by atoms with Crippen molar-refractivity contribution in [3.63, 3.8) is 0 Å². The minimum Gasteiger partial charge on any atom is -0.508 e. The maximum atomic E-state index is 14.5. The van der Waals surface area contributed by atoms with Gasteiger partial charge < -0.3 is 90.1 Å². The number of hydrogen-bond donors (Lipinski definition) is 17. The Kier molecular flexibility index (Phi) is 24.7. The van der Waals surface area contributed by atoms with Crippen molar-refractivity contribution in [1.82, 2.24) is 73.0 Å². The fourth-order valence-electron chi connectivity index (χ4n) is 9.91. The first kappa shape index (κ1) is 67.0. The van der Waals surface area contributed by atoms with Crippen LogP contribution in [0.4, 0.5) is 4.79 Å². The van der Waals surface area contributed by atoms with Crippen LogP contribution in [-0.2, 0) is 72.0 Å². The van der Waals surface area contributed by atoms with Crippen LogP contribution in [0.5, 0.6) is 5.75 Å². The zero-order chi connectivity index (χ0) is 64.0. The zero-order valence-corrected chi connectivity index (χ0v) is 48.5. The largest absolute Gasteiger partial charge is 0.508 e. The summed E-state index contributed by atoms with van der Waals surface area (Å²) >= 11 is 0. The third-order valence-corrected chi connectivity index (χ3v) is 14.3. The summed E-state index contributed by atoms with van der Waals surface area (Å²) < 4.78 is 0. The summed E-state index contributed by atoms with van der Waals surface area (Å²) in [4.78, 5) is 176. The van der Waals surface area contributed by atoms with E-state index < -0.39 is 133 Å². The highest BCUT2D eigenvalue weighted by atomic mass is 16.3. The Bertz CT molecular complexity index is 3180. The van der Waals surface area contributed by atoms with Gasteiger partial charge in [-0.15, -0.1) is 0 Å². The number of nitrogens with two attached hydrogens (primary N) is 3. The van der Waals surface area contributed by atoms with Gasteiger partial charge in [-0.2, -0.15) is 0 Å². The number of amides is 13. The molecule has 88 heavy (non-hydrogen) atoms. The summed E-state index contributed by atoms with van der Waals surface area (Å²) in [7, 11) is 0. The first-order valence-corrected chi connectivity index (χ1v) is 28.5. The fraction of sp³-hybridized carbons (Fsp3) is 0.464. The standard InChI is InChI=1S/C56H76N18O14/c1-29(2)19-38(49(82)68-37(9-5-17-61-55(58)59)54(87)74-18-6-10-43(74)53(86)63-25-44(57)77)67-46(79)26-64-47(80)39(20-30-11-13-33(76)14-12-30)69-52(85)42(27-75)71-50(83)40(21-31-23-62-35-8-4-3-7-34(31)35)70-51(84)41(22-32-24-60-28-65-32)72-56(88)73-48(81)36-15-16-45(78)66-36/h3-4,7-8,11-14,23-24,28-29,36-43,62,75-76H,5-6,9-10,15-22,25-27H2,1-2H3,(H2,57,77)(H,60,65)(H,63,86)(H,64,80)(H,66,78)(H,67,79)(H,68,82)(H,69,85)(H,70,84)(H,71,83)(H4,58,59,61)(H2,72,73,81,88)/t36-,37-,38-,39-,40-,41-,42-,43-/m0/s1. The number of nitrogens with zero attached hydrogens (tertiary/aromatic N) is 3. The lowest BCUT2D eigenvalue weighted by Crippen LogP contribution is -2.60. The molecule has 2 saturated heterocycles. The van der Waals surface area contributed by atoms with Gasteiger partial charge in [0.05, 0.1) is 26.0 Å². The normalized spacial score (nSPS) is 16.5. The third kappa shape index (κ3) is 20.3. The van der Waals surface area contributed by atoms with Crippen molar-refractivity contribution >= 4 is 87.9 Å². The molecule has 0 aliphatic carbocycles. The van der Waals surface area contributed by atoms with Crippen molar-refractivity contribution in [2.75, 3.05) is 32.8 Å². The summed E-state index contributed by atoms with van der Waals surface area (Å²) in [5, 5.41) is 46.1. The number of aliphatic imine (C=N–C) groups is 1. The van der Waals surface area contributed by atoms with E-state index in [4.69, 9.17) is 17.2 Å². The van der Waals surface area contributed by atoms with Crippen LogP contribution >= 0.6 is 0 Å². The highest BCUT2D eigenvalue weighted by molar-refractivity contribution is 6.02. The summed E-state index contributed by atoms with van der Waals surface area (Å²) in [6, 6.07) is 0.701. The van der Waals surface area contributed by atoms with Crippen LogP contribution in [0.3, 0.4) is 0 Å². The van der Waals surface area contributed by atoms with Crippen molar-refractivity contribution in [2.45, 2.75) is 126 Å². The van der Waals surface area contributed by atoms with Crippen LogP contribution in [-0.4, -0.2) is 188 Å². The van der Waals surface area contributed by atoms with Crippen LogP contribution in [0.2, 0.25) is 0 Å². The third-order valence-electron chi connectivity index (χ3n) is 14.3. The SMILES string of the molecule is CC(C)C[C@H](NC(=O)CNC(=O)[C@H](Cc1ccc(O)cc1)NC(=O)[C@H](CO)NC(=O)[C@H](Cc1c[nH]c2ccccc12)NC(=O)[C@H](Cc1cnc[nH]1)NC(=O)NC(=O)[C@@H]1CCC(=O)N1)C(=O)N[C@@H](CCCN=C(N)N)C(=O)N1CCC[C@H]1C(=O)NCC(N)=O. The second-order valence-corrected chi connectivity index (χ2v) is 21.6. The number of fused-ring (bicyclic) bond motifs is 1. The molecule has 8 atom stereocenters. The topological polar surface area (TPSA) is 504 Å². The average Bonchev–Trinajstić information content (AvgIpc) is 3.01. The number of carbonyl (C=O) groups excluding carboxylic acids is 12. The summed E-state index contributed by atoms with van der Waals surface area (Å²) in [5.74, 6) is -9.39. The number of H-pyrrole nitrogens is 2. The van der Waals surface area contributed by atoms with Crippen molar-refractivity contribution in [1.29, 1.82) is 0 Å². The maximum absolute atomic E-state index is 14.5. The van der Waals surface area contributed by atoms with E-state index >= 15 is 0 Å². The molecule has 2 aliphatic heterocycles. The highest BCUT2D eigenvalue weighted by Gasteiger charge is 2.39. The maximum Gasteiger partial charge on any atom is 0.322 e. The van der Waals surface area contributed by atoms with Gasteiger partial charge in [-0.05, 0) is 73.8 Å². The predicted octanol–water partition coefficient (Wildman–Crippen LogP) is -4.68. The van der Waals surface area contributed by atoms with E-state index in [2.05, 4.69) is 73.1 Å². The van der Waals surface area contributed by atoms with E-state index in [1.165, 1.54) is 41.7 Å². The van der Waals surface area contributed by atoms with Gasteiger partial charge >= 0.3 is 6.03 Å². The van der Waals surface area contributed by atoms with Gasteiger partial charge in [-0.3, -0.25) is 63.0 Å². The number of hydrogen-bond acceptors (Lipinski definition) is 16. The number of rotatable bonds is 31. The molecule has 13 amide bonds. The average molecular weight is 1230 g/mol. The van der Waals surface area contributed by atoms with Crippen LogP contribution in [0.15, 0.2) is 72.2 Å².